The van der Waals surface area contributed by atoms with Gasteiger partial charge in [-0.1, -0.05) is 0 Å². The lowest BCUT2D eigenvalue weighted by molar-refractivity contribution is 0.0895. The third-order valence-electron chi connectivity index (χ3n) is 2.20. The fourth-order valence-electron chi connectivity index (χ4n) is 1.62. The predicted molar refractivity (Wildman–Crippen MR) is 49.5 cm³/mol. The molecule has 0 radical (unpaired) electrons. The average Bonchev–Trinajstić information content (AvgIpc) is 2.02. The van der Waals surface area contributed by atoms with E-state index in [1.54, 1.807) is 12.3 Å². The molecule has 1 amide bonds. The molecule has 1 N–H and O–H groups in total. The Kier molecular flexibility index (Phi) is 1.62. The third-order valence-corrected chi connectivity index (χ3v) is 2.20. The summed E-state index contributed by atoms with van der Waals surface area (Å²) in [7, 11) is 0. The van der Waals surface area contributed by atoms with Crippen LogP contribution in [0.5, 0.6) is 0 Å². The van der Waals surface area contributed by atoms with E-state index in [-0.39, 0.29) is 11.4 Å². The normalized spacial score (nSPS) is 19.1. The Labute approximate surface area is 77.2 Å². The SMILES string of the molecule is CC1(C)Cc2ncccc2C(=O)N1. The lowest BCUT2D eigenvalue weighted by Gasteiger charge is -2.31. The number of pyridine rings is 1. The molecule has 3 heteroatoms. The lowest BCUT2D eigenvalue weighted by Crippen LogP contribution is -2.49. The summed E-state index contributed by atoms with van der Waals surface area (Å²) in [6, 6.07) is 3.60. The molecule has 0 aliphatic carbocycles. The van der Waals surface area contributed by atoms with Crippen LogP contribution in [0.15, 0.2) is 18.3 Å². The van der Waals surface area contributed by atoms with E-state index in [0.717, 1.165) is 12.1 Å². The Bertz CT molecular complexity index is 358. The average molecular weight is 176 g/mol. The van der Waals surface area contributed by atoms with E-state index >= 15 is 0 Å². The maximum atomic E-state index is 11.6. The van der Waals surface area contributed by atoms with Gasteiger partial charge in [0.05, 0.1) is 11.3 Å². The second-order valence-corrected chi connectivity index (χ2v) is 4.01. The molecule has 0 unspecified atom stereocenters. The fraction of sp³-hybridized carbons (Fsp3) is 0.400. The van der Waals surface area contributed by atoms with E-state index in [9.17, 15) is 4.79 Å². The van der Waals surface area contributed by atoms with Crippen molar-refractivity contribution in [1.82, 2.24) is 10.3 Å². The minimum Gasteiger partial charge on any atom is -0.347 e. The summed E-state index contributed by atoms with van der Waals surface area (Å²) in [5, 5.41) is 2.93. The number of aromatic nitrogens is 1. The molecule has 1 aromatic rings. The molecule has 68 valence electrons. The number of rotatable bonds is 0. The van der Waals surface area contributed by atoms with Crippen molar-refractivity contribution in [2.45, 2.75) is 25.8 Å². The van der Waals surface area contributed by atoms with Gasteiger partial charge in [-0.05, 0) is 26.0 Å². The number of fused-ring (bicyclic) bond motifs is 1. The molecule has 1 aromatic heterocycles. The minimum absolute atomic E-state index is 0.0145. The molecule has 3 nitrogen and oxygen atoms in total. The van der Waals surface area contributed by atoms with Crippen LogP contribution in [0.2, 0.25) is 0 Å². The van der Waals surface area contributed by atoms with Crippen molar-refractivity contribution in [3.05, 3.63) is 29.6 Å². The first-order valence-electron chi connectivity index (χ1n) is 4.35. The van der Waals surface area contributed by atoms with Gasteiger partial charge in [0.25, 0.3) is 5.91 Å². The first-order valence-corrected chi connectivity index (χ1v) is 4.35. The van der Waals surface area contributed by atoms with E-state index in [1.165, 1.54) is 0 Å². The van der Waals surface area contributed by atoms with Gasteiger partial charge in [-0.3, -0.25) is 9.78 Å². The van der Waals surface area contributed by atoms with Crippen molar-refractivity contribution in [2.24, 2.45) is 0 Å². The van der Waals surface area contributed by atoms with E-state index in [0.29, 0.717) is 5.56 Å². The van der Waals surface area contributed by atoms with Crippen LogP contribution in [0.4, 0.5) is 0 Å². The number of hydrogen-bond acceptors (Lipinski definition) is 2. The Morgan fingerprint density at radius 2 is 2.31 bits per heavy atom. The smallest absolute Gasteiger partial charge is 0.253 e. The molecule has 0 aromatic carbocycles. The largest absolute Gasteiger partial charge is 0.347 e. The van der Waals surface area contributed by atoms with Crippen LogP contribution in [-0.2, 0) is 6.42 Å². The van der Waals surface area contributed by atoms with Gasteiger partial charge in [0.2, 0.25) is 0 Å². The van der Waals surface area contributed by atoms with Crippen LogP contribution in [0.25, 0.3) is 0 Å². The summed E-state index contributed by atoms with van der Waals surface area (Å²) in [4.78, 5) is 15.8. The molecular formula is C10H12N2O. The summed E-state index contributed by atoms with van der Waals surface area (Å²) < 4.78 is 0. The summed E-state index contributed by atoms with van der Waals surface area (Å²) in [6.07, 6.45) is 2.53. The van der Waals surface area contributed by atoms with E-state index < -0.39 is 0 Å². The molecule has 0 bridgehead atoms. The molecule has 0 atom stereocenters. The molecule has 0 fully saturated rings. The summed E-state index contributed by atoms with van der Waals surface area (Å²) in [6.45, 7) is 4.00. The zero-order valence-corrected chi connectivity index (χ0v) is 7.79. The van der Waals surface area contributed by atoms with Crippen LogP contribution in [0.1, 0.15) is 29.9 Å². The Balaban J connectivity index is 2.49. The molecule has 13 heavy (non-hydrogen) atoms. The minimum atomic E-state index is -0.168. The van der Waals surface area contributed by atoms with Gasteiger partial charge in [-0.25, -0.2) is 0 Å². The predicted octanol–water partition coefficient (Wildman–Crippen LogP) is 1.15. The first kappa shape index (κ1) is 8.23. The summed E-state index contributed by atoms with van der Waals surface area (Å²) in [5.74, 6) is -0.0145. The quantitative estimate of drug-likeness (QED) is 0.644. The van der Waals surface area contributed by atoms with Gasteiger partial charge in [-0.15, -0.1) is 0 Å². The number of hydrogen-bond donors (Lipinski definition) is 1. The Morgan fingerprint density at radius 3 is 3.08 bits per heavy atom. The van der Waals surface area contributed by atoms with Crippen LogP contribution in [0.3, 0.4) is 0 Å². The van der Waals surface area contributed by atoms with Crippen LogP contribution in [-0.4, -0.2) is 16.4 Å². The molecule has 0 spiro atoms. The topological polar surface area (TPSA) is 42.0 Å². The lowest BCUT2D eigenvalue weighted by atomic mass is 9.91. The van der Waals surface area contributed by atoms with Crippen LogP contribution >= 0.6 is 0 Å². The van der Waals surface area contributed by atoms with Gasteiger partial charge in [0.1, 0.15) is 0 Å². The van der Waals surface area contributed by atoms with Gasteiger partial charge in [0, 0.05) is 18.2 Å². The number of nitrogens with one attached hydrogen (secondary N) is 1. The van der Waals surface area contributed by atoms with Crippen molar-refractivity contribution in [3.8, 4) is 0 Å². The molecule has 1 aliphatic rings. The molecular weight excluding hydrogens is 164 g/mol. The molecule has 1 aliphatic heterocycles. The molecule has 0 saturated carbocycles. The van der Waals surface area contributed by atoms with Crippen molar-refractivity contribution >= 4 is 5.91 Å². The van der Waals surface area contributed by atoms with Gasteiger partial charge < -0.3 is 5.32 Å². The fourth-order valence-corrected chi connectivity index (χ4v) is 1.62. The van der Waals surface area contributed by atoms with Crippen LogP contribution in [0, 0.1) is 0 Å². The molecule has 2 heterocycles. The number of carbonyl (C=O) groups is 1. The van der Waals surface area contributed by atoms with Gasteiger partial charge in [0.15, 0.2) is 0 Å². The van der Waals surface area contributed by atoms with E-state index in [2.05, 4.69) is 10.3 Å². The van der Waals surface area contributed by atoms with Gasteiger partial charge in [-0.2, -0.15) is 0 Å². The number of carbonyl (C=O) groups excluding carboxylic acids is 1. The van der Waals surface area contributed by atoms with E-state index in [4.69, 9.17) is 0 Å². The summed E-state index contributed by atoms with van der Waals surface area (Å²) >= 11 is 0. The van der Waals surface area contributed by atoms with Crippen LogP contribution < -0.4 is 5.32 Å². The third kappa shape index (κ3) is 1.41. The first-order chi connectivity index (χ1) is 6.08. The number of amides is 1. The monoisotopic (exact) mass is 176 g/mol. The highest BCUT2D eigenvalue weighted by Gasteiger charge is 2.30. The maximum absolute atomic E-state index is 11.6. The summed E-state index contributed by atoms with van der Waals surface area (Å²) in [5.41, 5.74) is 1.44. The van der Waals surface area contributed by atoms with Crippen molar-refractivity contribution in [1.29, 1.82) is 0 Å². The Morgan fingerprint density at radius 1 is 1.54 bits per heavy atom. The Hall–Kier alpha value is -1.38. The highest BCUT2D eigenvalue weighted by Crippen LogP contribution is 2.20. The molecule has 2 rings (SSSR count). The standard InChI is InChI=1S/C10H12N2O/c1-10(2)6-8-7(9(13)12-10)4-3-5-11-8/h3-5H,6H2,1-2H3,(H,12,13). The van der Waals surface area contributed by atoms with Crippen molar-refractivity contribution in [3.63, 3.8) is 0 Å². The highest BCUT2D eigenvalue weighted by atomic mass is 16.1. The zero-order valence-electron chi connectivity index (χ0n) is 7.79. The molecule has 0 saturated heterocycles. The van der Waals surface area contributed by atoms with E-state index in [1.807, 2.05) is 19.9 Å². The second-order valence-electron chi connectivity index (χ2n) is 4.01. The maximum Gasteiger partial charge on any atom is 0.253 e. The highest BCUT2D eigenvalue weighted by molar-refractivity contribution is 5.96. The van der Waals surface area contributed by atoms with Crippen molar-refractivity contribution in [2.75, 3.05) is 0 Å². The number of nitrogens with zero attached hydrogens (tertiary/aromatic N) is 1. The second kappa shape index (κ2) is 2.55. The van der Waals surface area contributed by atoms with Gasteiger partial charge >= 0.3 is 0 Å². The van der Waals surface area contributed by atoms with Crippen molar-refractivity contribution < 1.29 is 4.79 Å². The zero-order chi connectivity index (χ0) is 9.47.